The van der Waals surface area contributed by atoms with Crippen LogP contribution in [0.25, 0.3) is 11.5 Å². The molecule has 1 aliphatic rings. The molecule has 0 unspecified atom stereocenters. The Morgan fingerprint density at radius 2 is 2.15 bits per heavy atom. The molecule has 0 saturated carbocycles. The van der Waals surface area contributed by atoms with Gasteiger partial charge >= 0.3 is 6.03 Å². The van der Waals surface area contributed by atoms with Crippen LogP contribution < -0.4 is 5.32 Å². The number of aromatic nitrogens is 2. The summed E-state index contributed by atoms with van der Waals surface area (Å²) in [7, 11) is 0. The molecular formula is C14H16N4O2. The molecule has 2 aromatic rings. The lowest BCUT2D eigenvalue weighted by molar-refractivity contribution is 0.222. The number of anilines is 1. The van der Waals surface area contributed by atoms with Gasteiger partial charge in [0.05, 0.1) is 0 Å². The van der Waals surface area contributed by atoms with E-state index in [-0.39, 0.29) is 6.03 Å². The first-order chi connectivity index (χ1) is 9.72. The summed E-state index contributed by atoms with van der Waals surface area (Å²) < 4.78 is 5.13. The second-order valence-corrected chi connectivity index (χ2v) is 4.85. The van der Waals surface area contributed by atoms with Gasteiger partial charge < -0.3 is 14.7 Å². The summed E-state index contributed by atoms with van der Waals surface area (Å²) >= 11 is 0. The Morgan fingerprint density at radius 1 is 1.35 bits per heavy atom. The first kappa shape index (κ1) is 12.7. The summed E-state index contributed by atoms with van der Waals surface area (Å²) in [4.78, 5) is 18.0. The minimum Gasteiger partial charge on any atom is -0.334 e. The largest absolute Gasteiger partial charge is 0.334 e. The van der Waals surface area contributed by atoms with Gasteiger partial charge in [-0.3, -0.25) is 0 Å². The Kier molecular flexibility index (Phi) is 3.37. The Hall–Kier alpha value is -2.37. The third-order valence-electron chi connectivity index (χ3n) is 3.28. The topological polar surface area (TPSA) is 71.3 Å². The second kappa shape index (κ2) is 5.32. The predicted molar refractivity (Wildman–Crippen MR) is 74.3 cm³/mol. The average Bonchev–Trinajstić information content (AvgIpc) is 3.10. The molecule has 1 N–H and O–H groups in total. The lowest BCUT2D eigenvalue weighted by Gasteiger charge is -2.16. The van der Waals surface area contributed by atoms with Crippen molar-refractivity contribution in [1.29, 1.82) is 0 Å². The maximum atomic E-state index is 12.0. The number of nitrogens with one attached hydrogen (secondary N) is 1. The van der Waals surface area contributed by atoms with Crippen LogP contribution in [0.2, 0.25) is 0 Å². The number of amides is 2. The molecule has 0 bridgehead atoms. The molecule has 2 heterocycles. The van der Waals surface area contributed by atoms with E-state index in [1.807, 2.05) is 29.2 Å². The highest BCUT2D eigenvalue weighted by Crippen LogP contribution is 2.21. The van der Waals surface area contributed by atoms with Crippen molar-refractivity contribution >= 4 is 11.7 Å². The minimum absolute atomic E-state index is 0.0543. The molecule has 104 valence electrons. The zero-order valence-corrected chi connectivity index (χ0v) is 11.3. The average molecular weight is 272 g/mol. The van der Waals surface area contributed by atoms with E-state index in [4.69, 9.17) is 4.52 Å². The van der Waals surface area contributed by atoms with Crippen LogP contribution in [-0.2, 0) is 0 Å². The number of hydrogen-bond acceptors (Lipinski definition) is 4. The van der Waals surface area contributed by atoms with Crippen molar-refractivity contribution in [1.82, 2.24) is 15.0 Å². The number of hydrogen-bond donors (Lipinski definition) is 1. The van der Waals surface area contributed by atoms with E-state index in [1.165, 1.54) is 0 Å². The fourth-order valence-electron chi connectivity index (χ4n) is 2.27. The van der Waals surface area contributed by atoms with Crippen molar-refractivity contribution in [3.05, 3.63) is 30.1 Å². The van der Waals surface area contributed by atoms with E-state index in [0.29, 0.717) is 11.7 Å². The number of carbonyl (C=O) groups excluding carboxylic acids is 1. The molecule has 1 aromatic heterocycles. The van der Waals surface area contributed by atoms with Gasteiger partial charge in [-0.1, -0.05) is 11.2 Å². The molecule has 1 fully saturated rings. The van der Waals surface area contributed by atoms with Gasteiger partial charge in [0.1, 0.15) is 0 Å². The van der Waals surface area contributed by atoms with Crippen LogP contribution in [0.4, 0.5) is 10.5 Å². The first-order valence-corrected chi connectivity index (χ1v) is 6.69. The summed E-state index contributed by atoms with van der Waals surface area (Å²) in [5.74, 6) is 1.05. The third kappa shape index (κ3) is 2.64. The lowest BCUT2D eigenvalue weighted by Crippen LogP contribution is -2.32. The first-order valence-electron chi connectivity index (χ1n) is 6.69. The van der Waals surface area contributed by atoms with E-state index in [0.717, 1.165) is 37.2 Å². The zero-order chi connectivity index (χ0) is 13.9. The van der Waals surface area contributed by atoms with Crippen LogP contribution in [-0.4, -0.2) is 34.2 Å². The van der Waals surface area contributed by atoms with Crippen molar-refractivity contribution in [2.45, 2.75) is 19.8 Å². The molecule has 2 amide bonds. The lowest BCUT2D eigenvalue weighted by atomic mass is 10.2. The zero-order valence-electron chi connectivity index (χ0n) is 11.3. The highest BCUT2D eigenvalue weighted by molar-refractivity contribution is 5.90. The van der Waals surface area contributed by atoms with Crippen molar-refractivity contribution in [2.24, 2.45) is 0 Å². The molecule has 0 spiro atoms. The fourth-order valence-corrected chi connectivity index (χ4v) is 2.27. The second-order valence-electron chi connectivity index (χ2n) is 4.85. The predicted octanol–water partition coefficient (Wildman–Crippen LogP) is 2.67. The maximum absolute atomic E-state index is 12.0. The number of urea groups is 1. The molecule has 6 nitrogen and oxygen atoms in total. The maximum Gasteiger partial charge on any atom is 0.321 e. The number of benzene rings is 1. The van der Waals surface area contributed by atoms with Gasteiger partial charge in [-0.25, -0.2) is 4.79 Å². The molecule has 6 heteroatoms. The molecule has 1 saturated heterocycles. The highest BCUT2D eigenvalue weighted by Gasteiger charge is 2.18. The minimum atomic E-state index is -0.0543. The molecule has 0 aliphatic carbocycles. The Labute approximate surface area is 116 Å². The summed E-state index contributed by atoms with van der Waals surface area (Å²) in [5, 5.41) is 6.66. The quantitative estimate of drug-likeness (QED) is 0.912. The van der Waals surface area contributed by atoms with Gasteiger partial charge in [0, 0.05) is 24.3 Å². The van der Waals surface area contributed by atoms with Gasteiger partial charge in [-0.15, -0.1) is 0 Å². The van der Waals surface area contributed by atoms with E-state index >= 15 is 0 Å². The number of aryl methyl sites for hydroxylation is 1. The van der Waals surface area contributed by atoms with Crippen molar-refractivity contribution in [2.75, 3.05) is 18.4 Å². The molecule has 3 rings (SSSR count). The smallest absolute Gasteiger partial charge is 0.321 e. The molecule has 1 aromatic carbocycles. The van der Waals surface area contributed by atoms with Crippen LogP contribution in [0.1, 0.15) is 18.7 Å². The highest BCUT2D eigenvalue weighted by atomic mass is 16.5. The van der Waals surface area contributed by atoms with Crippen LogP contribution >= 0.6 is 0 Å². The van der Waals surface area contributed by atoms with Crippen molar-refractivity contribution in [3.63, 3.8) is 0 Å². The van der Waals surface area contributed by atoms with Gasteiger partial charge in [0.2, 0.25) is 0 Å². The van der Waals surface area contributed by atoms with E-state index in [1.54, 1.807) is 6.92 Å². The summed E-state index contributed by atoms with van der Waals surface area (Å²) in [6.07, 6.45) is 2.16. The van der Waals surface area contributed by atoms with Crippen molar-refractivity contribution < 1.29 is 9.32 Å². The standard InChI is InChI=1S/C14H16N4O2/c1-10-15-13(20-17-10)11-5-4-6-12(9-11)16-14(19)18-7-2-3-8-18/h4-6,9H,2-3,7-8H2,1H3,(H,16,19). The number of carbonyl (C=O) groups is 1. The molecule has 0 atom stereocenters. The summed E-state index contributed by atoms with van der Waals surface area (Å²) in [5.41, 5.74) is 1.53. The van der Waals surface area contributed by atoms with Gasteiger partial charge in [0.15, 0.2) is 5.82 Å². The third-order valence-corrected chi connectivity index (χ3v) is 3.28. The Bertz CT molecular complexity index is 617. The van der Waals surface area contributed by atoms with Gasteiger partial charge in [0.25, 0.3) is 5.89 Å². The van der Waals surface area contributed by atoms with E-state index in [9.17, 15) is 4.79 Å². The number of likely N-dealkylation sites (tertiary alicyclic amines) is 1. The summed E-state index contributed by atoms with van der Waals surface area (Å²) in [6, 6.07) is 7.36. The van der Waals surface area contributed by atoms with Crippen molar-refractivity contribution in [3.8, 4) is 11.5 Å². The molecule has 20 heavy (non-hydrogen) atoms. The number of nitrogens with zero attached hydrogens (tertiary/aromatic N) is 3. The van der Waals surface area contributed by atoms with Gasteiger partial charge in [-0.05, 0) is 38.0 Å². The number of rotatable bonds is 2. The fraction of sp³-hybridized carbons (Fsp3) is 0.357. The van der Waals surface area contributed by atoms with E-state index < -0.39 is 0 Å². The monoisotopic (exact) mass is 272 g/mol. The molecular weight excluding hydrogens is 256 g/mol. The van der Waals surface area contributed by atoms with E-state index in [2.05, 4.69) is 15.5 Å². The van der Waals surface area contributed by atoms with Crippen LogP contribution in [0.5, 0.6) is 0 Å². The SMILES string of the molecule is Cc1noc(-c2cccc(NC(=O)N3CCCC3)c2)n1. The normalized spacial score (nSPS) is 14.6. The molecule has 1 aliphatic heterocycles. The molecule has 0 radical (unpaired) electrons. The Morgan fingerprint density at radius 3 is 2.85 bits per heavy atom. The van der Waals surface area contributed by atoms with Crippen LogP contribution in [0, 0.1) is 6.92 Å². The van der Waals surface area contributed by atoms with Gasteiger partial charge in [-0.2, -0.15) is 4.98 Å². The van der Waals surface area contributed by atoms with Crippen LogP contribution in [0.15, 0.2) is 28.8 Å². The summed E-state index contributed by atoms with van der Waals surface area (Å²) in [6.45, 7) is 3.43. The van der Waals surface area contributed by atoms with Crippen LogP contribution in [0.3, 0.4) is 0 Å². The Balaban J connectivity index is 1.75.